The number of aromatic nitrogens is 3. The van der Waals surface area contributed by atoms with Gasteiger partial charge in [-0.05, 0) is 36.8 Å². The van der Waals surface area contributed by atoms with E-state index in [0.717, 1.165) is 20.4 Å². The first kappa shape index (κ1) is 21.5. The van der Waals surface area contributed by atoms with Crippen LogP contribution < -0.4 is 16.0 Å². The highest BCUT2D eigenvalue weighted by molar-refractivity contribution is 5.91. The van der Waals surface area contributed by atoms with Gasteiger partial charge in [-0.15, -0.1) is 0 Å². The number of rotatable bonds is 5. The van der Waals surface area contributed by atoms with Crippen molar-refractivity contribution < 1.29 is 14.3 Å². The first-order chi connectivity index (χ1) is 15.5. The summed E-state index contributed by atoms with van der Waals surface area (Å²) < 4.78 is 12.6. The fourth-order valence-corrected chi connectivity index (χ4v) is 3.59. The van der Waals surface area contributed by atoms with E-state index in [4.69, 9.17) is 9.47 Å². The Bertz CT molecular complexity index is 1240. The van der Waals surface area contributed by atoms with Gasteiger partial charge in [-0.1, -0.05) is 29.8 Å². The second kappa shape index (κ2) is 9.19. The third-order valence-electron chi connectivity index (χ3n) is 5.30. The number of aryl methyl sites for hydroxylation is 1. The molecule has 0 aliphatic carbocycles. The lowest BCUT2D eigenvalue weighted by Crippen LogP contribution is -2.48. The zero-order chi connectivity index (χ0) is 22.7. The molecule has 1 fully saturated rings. The quantitative estimate of drug-likeness (QED) is 0.597. The summed E-state index contributed by atoms with van der Waals surface area (Å²) >= 11 is 0. The minimum Gasteiger partial charge on any atom is -0.497 e. The van der Waals surface area contributed by atoms with Crippen molar-refractivity contribution in [3.63, 3.8) is 0 Å². The number of ether oxygens (including phenoxy) is 2. The van der Waals surface area contributed by atoms with Gasteiger partial charge in [-0.2, -0.15) is 9.78 Å². The number of morpholine rings is 1. The van der Waals surface area contributed by atoms with Crippen LogP contribution in [-0.4, -0.2) is 58.6 Å². The normalized spacial score (nSPS) is 13.8. The van der Waals surface area contributed by atoms with E-state index in [0.29, 0.717) is 37.7 Å². The monoisotopic (exact) mass is 436 g/mol. The second-order valence-electron chi connectivity index (χ2n) is 7.53. The van der Waals surface area contributed by atoms with E-state index in [1.165, 1.54) is 4.90 Å². The highest BCUT2D eigenvalue weighted by atomic mass is 16.5. The molecule has 9 heteroatoms. The van der Waals surface area contributed by atoms with Crippen molar-refractivity contribution in [2.75, 3.05) is 33.4 Å². The number of methoxy groups -OCH3 is 1. The van der Waals surface area contributed by atoms with E-state index in [9.17, 15) is 14.4 Å². The Labute approximate surface area is 184 Å². The second-order valence-corrected chi connectivity index (χ2v) is 7.53. The van der Waals surface area contributed by atoms with E-state index < -0.39 is 17.2 Å². The number of benzene rings is 2. The molecule has 0 N–H and O–H groups in total. The van der Waals surface area contributed by atoms with Crippen LogP contribution >= 0.6 is 0 Å². The molecule has 3 aromatic rings. The van der Waals surface area contributed by atoms with Crippen LogP contribution in [-0.2, 0) is 11.3 Å². The van der Waals surface area contributed by atoms with Crippen LogP contribution in [0.1, 0.15) is 21.6 Å². The SMILES string of the molecule is COc1ccc(-n2nc(C(=O)N3CCOCC3)c(=O)n(Cc3cccc(C)c3)c2=O)cc1. The van der Waals surface area contributed by atoms with Gasteiger partial charge < -0.3 is 14.4 Å². The molecule has 0 unspecified atom stereocenters. The van der Waals surface area contributed by atoms with Crippen molar-refractivity contribution in [3.8, 4) is 11.4 Å². The Kier molecular flexibility index (Phi) is 6.18. The Morgan fingerprint density at radius 2 is 1.81 bits per heavy atom. The van der Waals surface area contributed by atoms with Crippen LogP contribution in [0, 0.1) is 6.92 Å². The van der Waals surface area contributed by atoms with Crippen LogP contribution in [0.2, 0.25) is 0 Å². The molecule has 0 bridgehead atoms. The van der Waals surface area contributed by atoms with Crippen LogP contribution in [0.3, 0.4) is 0 Å². The lowest BCUT2D eigenvalue weighted by Gasteiger charge is -2.26. The highest BCUT2D eigenvalue weighted by Gasteiger charge is 2.26. The molecule has 32 heavy (non-hydrogen) atoms. The van der Waals surface area contributed by atoms with E-state index in [-0.39, 0.29) is 12.2 Å². The molecular weight excluding hydrogens is 412 g/mol. The number of nitrogens with zero attached hydrogens (tertiary/aromatic N) is 4. The fourth-order valence-electron chi connectivity index (χ4n) is 3.59. The number of carbonyl (C=O) groups excluding carboxylic acids is 1. The Hall–Kier alpha value is -3.72. The van der Waals surface area contributed by atoms with Gasteiger partial charge in [0.05, 0.1) is 32.6 Å². The predicted octanol–water partition coefficient (Wildman–Crippen LogP) is 1.23. The summed E-state index contributed by atoms with van der Waals surface area (Å²) in [5, 5.41) is 4.19. The van der Waals surface area contributed by atoms with Crippen molar-refractivity contribution in [1.29, 1.82) is 0 Å². The molecule has 2 heterocycles. The molecule has 0 atom stereocenters. The largest absolute Gasteiger partial charge is 0.497 e. The van der Waals surface area contributed by atoms with Gasteiger partial charge in [-0.25, -0.2) is 4.79 Å². The molecule has 1 saturated heterocycles. The standard InChI is InChI=1S/C23H24N4O5/c1-16-4-3-5-17(14-16)15-26-22(29)20(21(28)25-10-12-32-13-11-25)24-27(23(26)30)18-6-8-19(31-2)9-7-18/h3-9,14H,10-13,15H2,1-2H3. The molecule has 166 valence electrons. The van der Waals surface area contributed by atoms with E-state index >= 15 is 0 Å². The zero-order valence-corrected chi connectivity index (χ0v) is 18.0. The zero-order valence-electron chi connectivity index (χ0n) is 18.0. The minimum absolute atomic E-state index is 0.0292. The van der Waals surface area contributed by atoms with Crippen LogP contribution in [0.15, 0.2) is 58.1 Å². The summed E-state index contributed by atoms with van der Waals surface area (Å²) in [6, 6.07) is 14.2. The molecule has 0 saturated carbocycles. The van der Waals surface area contributed by atoms with Gasteiger partial charge in [0, 0.05) is 13.1 Å². The Morgan fingerprint density at radius 1 is 1.09 bits per heavy atom. The Balaban J connectivity index is 1.85. The van der Waals surface area contributed by atoms with Crippen molar-refractivity contribution in [2.24, 2.45) is 0 Å². The molecule has 0 spiro atoms. The highest BCUT2D eigenvalue weighted by Crippen LogP contribution is 2.13. The summed E-state index contributed by atoms with van der Waals surface area (Å²) in [5.41, 5.74) is 0.573. The number of amides is 1. The third-order valence-corrected chi connectivity index (χ3v) is 5.30. The molecule has 4 rings (SSSR count). The summed E-state index contributed by atoms with van der Waals surface area (Å²) in [7, 11) is 1.54. The number of hydrogen-bond donors (Lipinski definition) is 0. The molecule has 1 aromatic heterocycles. The van der Waals surface area contributed by atoms with Crippen molar-refractivity contribution in [1.82, 2.24) is 19.2 Å². The molecule has 9 nitrogen and oxygen atoms in total. The lowest BCUT2D eigenvalue weighted by molar-refractivity contribution is 0.0295. The molecule has 0 radical (unpaired) electrons. The molecular formula is C23H24N4O5. The number of carbonyl (C=O) groups is 1. The third kappa shape index (κ3) is 4.33. The smallest absolute Gasteiger partial charge is 0.352 e. The first-order valence-electron chi connectivity index (χ1n) is 10.3. The van der Waals surface area contributed by atoms with Gasteiger partial charge in [0.1, 0.15) is 5.75 Å². The van der Waals surface area contributed by atoms with E-state index in [2.05, 4.69) is 5.10 Å². The molecule has 1 amide bonds. The average molecular weight is 436 g/mol. The summed E-state index contributed by atoms with van der Waals surface area (Å²) in [6.07, 6.45) is 0. The lowest BCUT2D eigenvalue weighted by atomic mass is 10.1. The van der Waals surface area contributed by atoms with Crippen molar-refractivity contribution >= 4 is 5.91 Å². The molecule has 2 aromatic carbocycles. The summed E-state index contributed by atoms with van der Waals surface area (Å²) in [4.78, 5) is 41.2. The first-order valence-corrected chi connectivity index (χ1v) is 10.3. The maximum atomic E-state index is 13.3. The van der Waals surface area contributed by atoms with Gasteiger partial charge >= 0.3 is 5.69 Å². The molecule has 1 aliphatic heterocycles. The number of hydrogen-bond acceptors (Lipinski definition) is 6. The summed E-state index contributed by atoms with van der Waals surface area (Å²) in [5.74, 6) is 0.0954. The Morgan fingerprint density at radius 3 is 2.47 bits per heavy atom. The fraction of sp³-hybridized carbons (Fsp3) is 0.304. The average Bonchev–Trinajstić information content (AvgIpc) is 2.82. The topological polar surface area (TPSA) is 95.7 Å². The van der Waals surface area contributed by atoms with Crippen LogP contribution in [0.4, 0.5) is 0 Å². The predicted molar refractivity (Wildman–Crippen MR) is 118 cm³/mol. The van der Waals surface area contributed by atoms with Gasteiger partial charge in [-0.3, -0.25) is 14.2 Å². The maximum absolute atomic E-state index is 13.3. The van der Waals surface area contributed by atoms with Crippen LogP contribution in [0.25, 0.3) is 5.69 Å². The van der Waals surface area contributed by atoms with Crippen molar-refractivity contribution in [3.05, 3.63) is 86.2 Å². The van der Waals surface area contributed by atoms with Gasteiger partial charge in [0.25, 0.3) is 11.5 Å². The maximum Gasteiger partial charge on any atom is 0.352 e. The minimum atomic E-state index is -0.710. The van der Waals surface area contributed by atoms with E-state index in [1.807, 2.05) is 31.2 Å². The molecule has 1 aliphatic rings. The summed E-state index contributed by atoms with van der Waals surface area (Å²) in [6.45, 7) is 3.46. The van der Waals surface area contributed by atoms with Crippen molar-refractivity contribution in [2.45, 2.75) is 13.5 Å². The van der Waals surface area contributed by atoms with Crippen LogP contribution in [0.5, 0.6) is 5.75 Å². The van der Waals surface area contributed by atoms with Gasteiger partial charge in [0.15, 0.2) is 0 Å². The van der Waals surface area contributed by atoms with E-state index in [1.54, 1.807) is 31.4 Å². The van der Waals surface area contributed by atoms with Gasteiger partial charge in [0.2, 0.25) is 5.69 Å².